The Kier molecular flexibility index (Phi) is 6.84. The van der Waals surface area contributed by atoms with E-state index in [9.17, 15) is 9.59 Å². The number of furan rings is 1. The number of carbonyl (C=O) groups is 2. The molecule has 20 heavy (non-hydrogen) atoms. The van der Waals surface area contributed by atoms with Crippen LogP contribution in [-0.2, 0) is 16.1 Å². The number of aryl methyl sites for hydroxylation is 1. The standard InChI is InChI=1S/C15H24N2O3/c1-11(2)8-9-16-14(18)6-7-15(19)17-10-13-5-4-12(3)20-13/h4-5,11H,6-10H2,1-3H3,(H,16,18)(H,17,19). The molecule has 0 bridgehead atoms. The van der Waals surface area contributed by atoms with Gasteiger partial charge in [0.2, 0.25) is 11.8 Å². The molecule has 0 aliphatic carbocycles. The summed E-state index contributed by atoms with van der Waals surface area (Å²) >= 11 is 0. The van der Waals surface area contributed by atoms with Crippen molar-refractivity contribution in [3.63, 3.8) is 0 Å². The molecule has 1 aromatic heterocycles. The first kappa shape index (κ1) is 16.3. The van der Waals surface area contributed by atoms with Crippen molar-refractivity contribution in [2.45, 2.75) is 46.6 Å². The molecule has 0 saturated carbocycles. The molecule has 0 fully saturated rings. The van der Waals surface area contributed by atoms with Gasteiger partial charge in [-0.3, -0.25) is 9.59 Å². The van der Waals surface area contributed by atoms with Gasteiger partial charge in [-0.2, -0.15) is 0 Å². The lowest BCUT2D eigenvalue weighted by atomic mass is 10.1. The first-order valence-corrected chi connectivity index (χ1v) is 7.06. The van der Waals surface area contributed by atoms with Crippen LogP contribution in [0.15, 0.2) is 16.5 Å². The van der Waals surface area contributed by atoms with Gasteiger partial charge >= 0.3 is 0 Å². The van der Waals surface area contributed by atoms with Crippen molar-refractivity contribution in [2.75, 3.05) is 6.54 Å². The summed E-state index contributed by atoms with van der Waals surface area (Å²) in [5, 5.41) is 5.54. The molecule has 1 heterocycles. The molecular formula is C15H24N2O3. The van der Waals surface area contributed by atoms with E-state index < -0.39 is 0 Å². The molecule has 112 valence electrons. The number of amides is 2. The van der Waals surface area contributed by atoms with Crippen LogP contribution < -0.4 is 10.6 Å². The maximum atomic E-state index is 11.6. The third-order valence-electron chi connectivity index (χ3n) is 2.88. The van der Waals surface area contributed by atoms with E-state index >= 15 is 0 Å². The van der Waals surface area contributed by atoms with E-state index in [-0.39, 0.29) is 24.7 Å². The van der Waals surface area contributed by atoms with E-state index in [1.807, 2.05) is 19.1 Å². The highest BCUT2D eigenvalue weighted by molar-refractivity contribution is 5.83. The molecular weight excluding hydrogens is 256 g/mol. The van der Waals surface area contributed by atoms with Gasteiger partial charge in [0.25, 0.3) is 0 Å². The molecule has 5 heteroatoms. The Morgan fingerprint density at radius 3 is 2.35 bits per heavy atom. The minimum atomic E-state index is -0.141. The Bertz CT molecular complexity index is 438. The molecule has 0 aromatic carbocycles. The van der Waals surface area contributed by atoms with Gasteiger partial charge in [0.15, 0.2) is 0 Å². The highest BCUT2D eigenvalue weighted by Crippen LogP contribution is 2.05. The van der Waals surface area contributed by atoms with Crippen LogP contribution in [0, 0.1) is 12.8 Å². The summed E-state index contributed by atoms with van der Waals surface area (Å²) in [6.45, 7) is 7.10. The molecule has 0 radical (unpaired) electrons. The molecule has 5 nitrogen and oxygen atoms in total. The van der Waals surface area contributed by atoms with Crippen molar-refractivity contribution in [1.29, 1.82) is 0 Å². The third kappa shape index (κ3) is 6.97. The lowest BCUT2D eigenvalue weighted by molar-refractivity contribution is -0.126. The second-order valence-corrected chi connectivity index (χ2v) is 5.32. The summed E-state index contributed by atoms with van der Waals surface area (Å²) in [5.74, 6) is 1.89. The molecule has 0 aliphatic heterocycles. The fourth-order valence-electron chi connectivity index (χ4n) is 1.67. The van der Waals surface area contributed by atoms with Crippen molar-refractivity contribution < 1.29 is 14.0 Å². The highest BCUT2D eigenvalue weighted by atomic mass is 16.3. The summed E-state index contributed by atoms with van der Waals surface area (Å²) in [6, 6.07) is 3.68. The molecule has 0 aliphatic rings. The van der Waals surface area contributed by atoms with E-state index in [1.165, 1.54) is 0 Å². The van der Waals surface area contributed by atoms with Gasteiger partial charge in [0, 0.05) is 19.4 Å². The van der Waals surface area contributed by atoms with Gasteiger partial charge < -0.3 is 15.1 Å². The SMILES string of the molecule is Cc1ccc(CNC(=O)CCC(=O)NCCC(C)C)o1. The Hall–Kier alpha value is -1.78. The lowest BCUT2D eigenvalue weighted by Crippen LogP contribution is -2.28. The van der Waals surface area contributed by atoms with Crippen molar-refractivity contribution in [3.8, 4) is 0 Å². The molecule has 1 rings (SSSR count). The van der Waals surface area contributed by atoms with Crippen molar-refractivity contribution in [2.24, 2.45) is 5.92 Å². The zero-order valence-corrected chi connectivity index (χ0v) is 12.5. The number of carbonyl (C=O) groups excluding carboxylic acids is 2. The molecule has 0 atom stereocenters. The van der Waals surface area contributed by atoms with Gasteiger partial charge in [0.05, 0.1) is 6.54 Å². The maximum Gasteiger partial charge on any atom is 0.220 e. The smallest absolute Gasteiger partial charge is 0.220 e. The van der Waals surface area contributed by atoms with Crippen LogP contribution in [0.5, 0.6) is 0 Å². The normalized spacial score (nSPS) is 10.6. The summed E-state index contributed by atoms with van der Waals surface area (Å²) in [6.07, 6.45) is 1.38. The average molecular weight is 280 g/mol. The predicted octanol–water partition coefficient (Wildman–Crippen LogP) is 2.15. The van der Waals surface area contributed by atoms with E-state index in [0.29, 0.717) is 19.0 Å². The van der Waals surface area contributed by atoms with Gasteiger partial charge in [-0.25, -0.2) is 0 Å². The number of hydrogen-bond donors (Lipinski definition) is 2. The minimum absolute atomic E-state index is 0.0744. The van der Waals surface area contributed by atoms with Crippen LogP contribution in [-0.4, -0.2) is 18.4 Å². The fourth-order valence-corrected chi connectivity index (χ4v) is 1.67. The Balaban J connectivity index is 2.11. The minimum Gasteiger partial charge on any atom is -0.465 e. The number of hydrogen-bond acceptors (Lipinski definition) is 3. The Morgan fingerprint density at radius 1 is 1.15 bits per heavy atom. The highest BCUT2D eigenvalue weighted by Gasteiger charge is 2.07. The van der Waals surface area contributed by atoms with Crippen molar-refractivity contribution in [3.05, 3.63) is 23.7 Å². The Labute approximate surface area is 120 Å². The monoisotopic (exact) mass is 280 g/mol. The van der Waals surface area contributed by atoms with Crippen LogP contribution in [0.2, 0.25) is 0 Å². The van der Waals surface area contributed by atoms with Crippen LogP contribution in [0.4, 0.5) is 0 Å². The van der Waals surface area contributed by atoms with Crippen molar-refractivity contribution in [1.82, 2.24) is 10.6 Å². The lowest BCUT2D eigenvalue weighted by Gasteiger charge is -2.07. The average Bonchev–Trinajstić information content (AvgIpc) is 2.79. The van der Waals surface area contributed by atoms with Gasteiger partial charge in [0.1, 0.15) is 11.5 Å². The van der Waals surface area contributed by atoms with Gasteiger partial charge in [-0.15, -0.1) is 0 Å². The van der Waals surface area contributed by atoms with E-state index in [2.05, 4.69) is 24.5 Å². The molecule has 0 unspecified atom stereocenters. The third-order valence-corrected chi connectivity index (χ3v) is 2.88. The number of nitrogens with one attached hydrogen (secondary N) is 2. The molecule has 2 N–H and O–H groups in total. The predicted molar refractivity (Wildman–Crippen MR) is 77.0 cm³/mol. The van der Waals surface area contributed by atoms with Crippen LogP contribution in [0.1, 0.15) is 44.6 Å². The fraction of sp³-hybridized carbons (Fsp3) is 0.600. The molecule has 0 spiro atoms. The Morgan fingerprint density at radius 2 is 1.80 bits per heavy atom. The van der Waals surface area contributed by atoms with Crippen molar-refractivity contribution >= 4 is 11.8 Å². The van der Waals surface area contributed by atoms with E-state index in [1.54, 1.807) is 0 Å². The summed E-state index contributed by atoms with van der Waals surface area (Å²) < 4.78 is 5.34. The second kappa shape index (κ2) is 8.40. The molecule has 0 saturated heterocycles. The number of rotatable bonds is 8. The zero-order chi connectivity index (χ0) is 15.0. The van der Waals surface area contributed by atoms with Gasteiger partial charge in [-0.05, 0) is 31.4 Å². The maximum absolute atomic E-state index is 11.6. The van der Waals surface area contributed by atoms with Crippen LogP contribution in [0.25, 0.3) is 0 Å². The first-order chi connectivity index (χ1) is 9.47. The van der Waals surface area contributed by atoms with E-state index in [0.717, 1.165) is 17.9 Å². The molecule has 1 aromatic rings. The second-order valence-electron chi connectivity index (χ2n) is 5.32. The molecule has 2 amide bonds. The largest absolute Gasteiger partial charge is 0.465 e. The van der Waals surface area contributed by atoms with Crippen LogP contribution in [0.3, 0.4) is 0 Å². The quantitative estimate of drug-likeness (QED) is 0.766. The summed E-state index contributed by atoms with van der Waals surface area (Å²) in [7, 11) is 0. The van der Waals surface area contributed by atoms with Crippen LogP contribution >= 0.6 is 0 Å². The topological polar surface area (TPSA) is 71.3 Å². The zero-order valence-electron chi connectivity index (χ0n) is 12.5. The summed E-state index contributed by atoms with van der Waals surface area (Å²) in [5.41, 5.74) is 0. The summed E-state index contributed by atoms with van der Waals surface area (Å²) in [4.78, 5) is 23.1. The van der Waals surface area contributed by atoms with Gasteiger partial charge in [-0.1, -0.05) is 13.8 Å². The first-order valence-electron chi connectivity index (χ1n) is 7.06. The van der Waals surface area contributed by atoms with E-state index in [4.69, 9.17) is 4.42 Å².